The topological polar surface area (TPSA) is 23.5 Å². The van der Waals surface area contributed by atoms with E-state index in [1.54, 1.807) is 0 Å². The third-order valence-corrected chi connectivity index (χ3v) is 4.48. The zero-order valence-corrected chi connectivity index (χ0v) is 15.8. The van der Waals surface area contributed by atoms with E-state index in [0.29, 0.717) is 0 Å². The lowest BCUT2D eigenvalue weighted by atomic mass is 10.0. The molecule has 2 heteroatoms. The minimum atomic E-state index is -0.104. The van der Waals surface area contributed by atoms with Crippen LogP contribution in [0.15, 0.2) is 0 Å². The standard InChI is InChI=1S/C20H43NO/c1-20(22)18-16-14-12-10-8-6-4-5-7-9-11-13-15-17-19-21(2)3/h20,22H,4-19H2,1-3H3. The van der Waals surface area contributed by atoms with Crippen LogP contribution in [-0.2, 0) is 0 Å². The van der Waals surface area contributed by atoms with Crippen LogP contribution in [0.4, 0.5) is 0 Å². The van der Waals surface area contributed by atoms with E-state index in [-0.39, 0.29) is 6.10 Å². The van der Waals surface area contributed by atoms with E-state index < -0.39 is 0 Å². The maximum atomic E-state index is 9.18. The van der Waals surface area contributed by atoms with Crippen molar-refractivity contribution >= 4 is 0 Å². The number of aliphatic hydroxyl groups is 1. The Labute approximate surface area is 140 Å². The molecule has 0 saturated heterocycles. The summed E-state index contributed by atoms with van der Waals surface area (Å²) in [6.07, 6.45) is 20.4. The maximum absolute atomic E-state index is 9.18. The predicted molar refractivity (Wildman–Crippen MR) is 99.5 cm³/mol. The largest absolute Gasteiger partial charge is 0.393 e. The molecule has 22 heavy (non-hydrogen) atoms. The Bertz CT molecular complexity index is 182. The van der Waals surface area contributed by atoms with E-state index in [1.165, 1.54) is 96.4 Å². The third kappa shape index (κ3) is 19.9. The van der Waals surface area contributed by atoms with Crippen LogP contribution >= 0.6 is 0 Å². The molecular formula is C20H43NO. The van der Waals surface area contributed by atoms with Crippen LogP contribution in [0.1, 0.15) is 103 Å². The molecule has 0 radical (unpaired) electrons. The Morgan fingerprint density at radius 2 is 0.909 bits per heavy atom. The molecule has 0 aliphatic rings. The molecule has 0 bridgehead atoms. The van der Waals surface area contributed by atoms with E-state index in [0.717, 1.165) is 6.42 Å². The van der Waals surface area contributed by atoms with Gasteiger partial charge in [-0.05, 0) is 40.4 Å². The zero-order valence-electron chi connectivity index (χ0n) is 15.8. The number of nitrogens with zero attached hydrogens (tertiary/aromatic N) is 1. The summed E-state index contributed by atoms with van der Waals surface area (Å²) in [5.41, 5.74) is 0. The first-order valence-corrected chi connectivity index (χ1v) is 9.95. The molecule has 0 rings (SSSR count). The Morgan fingerprint density at radius 1 is 0.591 bits per heavy atom. The third-order valence-electron chi connectivity index (χ3n) is 4.48. The summed E-state index contributed by atoms with van der Waals surface area (Å²) in [7, 11) is 4.32. The number of aliphatic hydroxyl groups excluding tert-OH is 1. The molecule has 0 saturated carbocycles. The summed E-state index contributed by atoms with van der Waals surface area (Å²) in [4.78, 5) is 2.28. The van der Waals surface area contributed by atoms with Crippen molar-refractivity contribution in [2.24, 2.45) is 0 Å². The molecule has 0 amide bonds. The van der Waals surface area contributed by atoms with Crippen molar-refractivity contribution < 1.29 is 5.11 Å². The number of rotatable bonds is 17. The second-order valence-electron chi connectivity index (χ2n) is 7.39. The summed E-state index contributed by atoms with van der Waals surface area (Å²) in [5.74, 6) is 0. The highest BCUT2D eigenvalue weighted by Gasteiger charge is 1.97. The number of unbranched alkanes of at least 4 members (excludes halogenated alkanes) is 13. The normalized spacial score (nSPS) is 13.0. The molecule has 0 spiro atoms. The van der Waals surface area contributed by atoms with Crippen molar-refractivity contribution in [3.8, 4) is 0 Å². The number of hydrogen-bond acceptors (Lipinski definition) is 2. The van der Waals surface area contributed by atoms with Crippen LogP contribution in [0.3, 0.4) is 0 Å². The molecule has 1 atom stereocenters. The summed E-state index contributed by atoms with van der Waals surface area (Å²) in [5, 5.41) is 9.18. The molecule has 1 unspecified atom stereocenters. The van der Waals surface area contributed by atoms with Crippen LogP contribution in [0.2, 0.25) is 0 Å². The average Bonchev–Trinajstić information content (AvgIpc) is 2.46. The Balaban J connectivity index is 2.97. The van der Waals surface area contributed by atoms with Gasteiger partial charge >= 0.3 is 0 Å². The number of hydrogen-bond donors (Lipinski definition) is 1. The van der Waals surface area contributed by atoms with Gasteiger partial charge in [0.2, 0.25) is 0 Å². The van der Waals surface area contributed by atoms with Crippen LogP contribution in [0.25, 0.3) is 0 Å². The summed E-state index contributed by atoms with van der Waals surface area (Å²) in [6.45, 7) is 3.14. The molecule has 0 aliphatic carbocycles. The minimum Gasteiger partial charge on any atom is -0.393 e. The highest BCUT2D eigenvalue weighted by molar-refractivity contribution is 4.52. The van der Waals surface area contributed by atoms with Gasteiger partial charge in [-0.1, -0.05) is 83.5 Å². The molecule has 0 aromatic heterocycles. The zero-order chi connectivity index (χ0) is 16.5. The first-order chi connectivity index (χ1) is 10.6. The summed E-state index contributed by atoms with van der Waals surface area (Å²) in [6, 6.07) is 0. The second-order valence-corrected chi connectivity index (χ2v) is 7.39. The lowest BCUT2D eigenvalue weighted by Gasteiger charge is -2.08. The van der Waals surface area contributed by atoms with Crippen molar-refractivity contribution in [3.63, 3.8) is 0 Å². The van der Waals surface area contributed by atoms with Gasteiger partial charge in [0, 0.05) is 0 Å². The molecule has 0 fully saturated rings. The highest BCUT2D eigenvalue weighted by atomic mass is 16.3. The van der Waals surface area contributed by atoms with Crippen molar-refractivity contribution in [2.75, 3.05) is 20.6 Å². The Hall–Kier alpha value is -0.0800. The van der Waals surface area contributed by atoms with Crippen molar-refractivity contribution in [2.45, 2.75) is 109 Å². The fourth-order valence-electron chi connectivity index (χ4n) is 2.99. The van der Waals surface area contributed by atoms with Gasteiger partial charge in [0.05, 0.1) is 6.10 Å². The van der Waals surface area contributed by atoms with Crippen molar-refractivity contribution in [1.29, 1.82) is 0 Å². The van der Waals surface area contributed by atoms with Gasteiger partial charge < -0.3 is 10.0 Å². The quantitative estimate of drug-likeness (QED) is 0.344. The summed E-state index contributed by atoms with van der Waals surface area (Å²) < 4.78 is 0. The summed E-state index contributed by atoms with van der Waals surface area (Å²) >= 11 is 0. The fraction of sp³-hybridized carbons (Fsp3) is 1.00. The molecule has 2 nitrogen and oxygen atoms in total. The average molecular weight is 314 g/mol. The SMILES string of the molecule is CC(O)CCCCCCCCCCCCCCCCN(C)C. The van der Waals surface area contributed by atoms with Crippen LogP contribution in [0, 0.1) is 0 Å². The van der Waals surface area contributed by atoms with Crippen LogP contribution in [0.5, 0.6) is 0 Å². The molecule has 0 aromatic rings. The van der Waals surface area contributed by atoms with E-state index >= 15 is 0 Å². The fourth-order valence-corrected chi connectivity index (χ4v) is 2.99. The van der Waals surface area contributed by atoms with Gasteiger partial charge in [-0.15, -0.1) is 0 Å². The first-order valence-electron chi connectivity index (χ1n) is 9.95. The minimum absolute atomic E-state index is 0.104. The first kappa shape index (κ1) is 21.9. The van der Waals surface area contributed by atoms with Gasteiger partial charge in [0.15, 0.2) is 0 Å². The molecular weight excluding hydrogens is 270 g/mol. The molecule has 0 aliphatic heterocycles. The van der Waals surface area contributed by atoms with Crippen molar-refractivity contribution in [3.05, 3.63) is 0 Å². The molecule has 0 aromatic carbocycles. The highest BCUT2D eigenvalue weighted by Crippen LogP contribution is 2.13. The predicted octanol–water partition coefficient (Wildman–Crippen LogP) is 5.78. The lowest BCUT2D eigenvalue weighted by Crippen LogP contribution is -2.12. The monoisotopic (exact) mass is 313 g/mol. The van der Waals surface area contributed by atoms with E-state index in [9.17, 15) is 5.11 Å². The Kier molecular flexibility index (Phi) is 17.2. The van der Waals surface area contributed by atoms with Gasteiger partial charge in [0.25, 0.3) is 0 Å². The van der Waals surface area contributed by atoms with Gasteiger partial charge in [-0.25, -0.2) is 0 Å². The smallest absolute Gasteiger partial charge is 0.0512 e. The van der Waals surface area contributed by atoms with Crippen LogP contribution in [-0.4, -0.2) is 36.8 Å². The van der Waals surface area contributed by atoms with Gasteiger partial charge in [0.1, 0.15) is 0 Å². The van der Waals surface area contributed by atoms with Gasteiger partial charge in [-0.3, -0.25) is 0 Å². The lowest BCUT2D eigenvalue weighted by molar-refractivity contribution is 0.180. The van der Waals surface area contributed by atoms with Gasteiger partial charge in [-0.2, -0.15) is 0 Å². The molecule has 134 valence electrons. The Morgan fingerprint density at radius 3 is 1.23 bits per heavy atom. The maximum Gasteiger partial charge on any atom is 0.0512 e. The van der Waals surface area contributed by atoms with E-state index in [1.807, 2.05) is 6.92 Å². The van der Waals surface area contributed by atoms with Crippen LogP contribution < -0.4 is 0 Å². The van der Waals surface area contributed by atoms with E-state index in [2.05, 4.69) is 19.0 Å². The molecule has 1 N–H and O–H groups in total. The molecule has 0 heterocycles. The van der Waals surface area contributed by atoms with Crippen molar-refractivity contribution in [1.82, 2.24) is 4.90 Å². The second kappa shape index (κ2) is 17.3. The van der Waals surface area contributed by atoms with E-state index in [4.69, 9.17) is 0 Å².